The van der Waals surface area contributed by atoms with Gasteiger partial charge in [-0.1, -0.05) is 0 Å². The number of hydrogen-bond donors (Lipinski definition) is 1. The van der Waals surface area contributed by atoms with E-state index < -0.39 is 22.2 Å². The van der Waals surface area contributed by atoms with E-state index in [9.17, 15) is 21.6 Å². The summed E-state index contributed by atoms with van der Waals surface area (Å²) in [4.78, 5) is 19.6. The normalized spacial score (nSPS) is 25.7. The smallest absolute Gasteiger partial charge is 0.475 e. The van der Waals surface area contributed by atoms with Crippen LogP contribution in [0.25, 0.3) is 0 Å². The molecule has 0 aromatic carbocycles. The summed E-state index contributed by atoms with van der Waals surface area (Å²) < 4.78 is 58.0. The minimum Gasteiger partial charge on any atom is -0.475 e. The predicted molar refractivity (Wildman–Crippen MR) is 88.4 cm³/mol. The molecule has 0 amide bonds. The minimum absolute atomic E-state index is 0.0881. The lowest BCUT2D eigenvalue weighted by molar-refractivity contribution is -0.192. The largest absolute Gasteiger partial charge is 0.490 e. The summed E-state index contributed by atoms with van der Waals surface area (Å²) in [5, 5.41) is 7.04. The first-order valence-corrected chi connectivity index (χ1v) is 9.90. The molecule has 12 heteroatoms. The van der Waals surface area contributed by atoms with Crippen molar-refractivity contribution in [2.75, 3.05) is 31.1 Å². The molecule has 27 heavy (non-hydrogen) atoms. The molecular weight excluding hydrogens is 389 g/mol. The van der Waals surface area contributed by atoms with E-state index in [-0.39, 0.29) is 5.25 Å². The average molecular weight is 408 g/mol. The number of sulfonamides is 1. The molecule has 150 valence electrons. The third-order valence-electron chi connectivity index (χ3n) is 4.84. The highest BCUT2D eigenvalue weighted by Crippen LogP contribution is 2.38. The van der Waals surface area contributed by atoms with E-state index in [1.165, 1.54) is 0 Å². The Morgan fingerprint density at radius 1 is 1.07 bits per heavy atom. The summed E-state index contributed by atoms with van der Waals surface area (Å²) in [7, 11) is -3.01. The number of anilines is 1. The fraction of sp³-hybridized carbons (Fsp3) is 0.667. The maximum Gasteiger partial charge on any atom is 0.490 e. The van der Waals surface area contributed by atoms with Crippen LogP contribution in [0.5, 0.6) is 0 Å². The van der Waals surface area contributed by atoms with E-state index in [2.05, 4.69) is 14.9 Å². The molecule has 4 rings (SSSR count). The lowest BCUT2D eigenvalue weighted by atomic mass is 10.0. The Hall–Kier alpha value is -1.95. The van der Waals surface area contributed by atoms with Crippen molar-refractivity contribution < 1.29 is 31.5 Å². The van der Waals surface area contributed by atoms with Crippen molar-refractivity contribution in [2.24, 2.45) is 11.8 Å². The van der Waals surface area contributed by atoms with Gasteiger partial charge in [-0.25, -0.2) is 27.5 Å². The van der Waals surface area contributed by atoms with E-state index in [4.69, 9.17) is 9.90 Å². The third-order valence-corrected chi connectivity index (χ3v) is 7.17. The van der Waals surface area contributed by atoms with Gasteiger partial charge in [0, 0.05) is 38.6 Å². The van der Waals surface area contributed by atoms with E-state index in [1.807, 2.05) is 6.07 Å². The summed E-state index contributed by atoms with van der Waals surface area (Å²) in [5.41, 5.74) is 0. The van der Waals surface area contributed by atoms with E-state index in [1.54, 1.807) is 16.7 Å². The number of nitrogens with zero attached hydrogens (tertiary/aromatic N) is 4. The van der Waals surface area contributed by atoms with E-state index in [0.29, 0.717) is 24.9 Å². The van der Waals surface area contributed by atoms with Crippen molar-refractivity contribution in [1.82, 2.24) is 14.3 Å². The molecule has 3 aliphatic rings. The number of carbonyl (C=O) groups is 1. The number of hydrogen-bond acceptors (Lipinski definition) is 6. The number of aromatic nitrogens is 2. The van der Waals surface area contributed by atoms with Crippen LogP contribution in [-0.2, 0) is 14.8 Å². The zero-order valence-corrected chi connectivity index (χ0v) is 15.0. The highest BCUT2D eigenvalue weighted by atomic mass is 32.2. The fourth-order valence-electron chi connectivity index (χ4n) is 3.35. The molecule has 2 saturated heterocycles. The summed E-state index contributed by atoms with van der Waals surface area (Å²) in [6.45, 7) is 3.08. The van der Waals surface area contributed by atoms with Crippen LogP contribution in [0, 0.1) is 11.8 Å². The highest BCUT2D eigenvalue weighted by molar-refractivity contribution is 7.90. The maximum atomic E-state index is 12.3. The van der Waals surface area contributed by atoms with Gasteiger partial charge in [-0.2, -0.15) is 13.2 Å². The Labute approximate surface area is 154 Å². The van der Waals surface area contributed by atoms with Gasteiger partial charge in [0.2, 0.25) is 16.0 Å². The number of fused-ring (bicyclic) bond motifs is 1. The Morgan fingerprint density at radius 3 is 1.96 bits per heavy atom. The lowest BCUT2D eigenvalue weighted by Crippen LogP contribution is -2.35. The van der Waals surface area contributed by atoms with Crippen LogP contribution >= 0.6 is 0 Å². The van der Waals surface area contributed by atoms with Crippen LogP contribution in [0.2, 0.25) is 0 Å². The van der Waals surface area contributed by atoms with Crippen molar-refractivity contribution in [3.05, 3.63) is 18.5 Å². The van der Waals surface area contributed by atoms with Gasteiger partial charge in [-0.15, -0.1) is 0 Å². The Bertz CT molecular complexity index is 772. The van der Waals surface area contributed by atoms with E-state index >= 15 is 0 Å². The number of halogens is 3. The van der Waals surface area contributed by atoms with Crippen LogP contribution in [0.1, 0.15) is 12.8 Å². The van der Waals surface area contributed by atoms with Gasteiger partial charge in [0.05, 0.1) is 5.25 Å². The molecule has 3 fully saturated rings. The summed E-state index contributed by atoms with van der Waals surface area (Å²) in [6, 6.07) is 1.81. The van der Waals surface area contributed by atoms with Crippen LogP contribution in [0.15, 0.2) is 18.5 Å². The second-order valence-electron chi connectivity index (χ2n) is 6.84. The molecule has 1 aromatic heterocycles. The fourth-order valence-corrected chi connectivity index (χ4v) is 5.30. The van der Waals surface area contributed by atoms with Crippen molar-refractivity contribution in [1.29, 1.82) is 0 Å². The van der Waals surface area contributed by atoms with Gasteiger partial charge in [-0.3, -0.25) is 0 Å². The standard InChI is InChI=1S/C13H18N4O2S.C2HF3O2/c18-20(19,12-2-3-12)17-8-10-6-16(7-11(10)9-17)13-14-4-1-5-15-13;3-2(4,5)1(6)7/h1,4-5,10-12H,2-3,6-9H2;(H,6,7). The monoisotopic (exact) mass is 408 g/mol. The van der Waals surface area contributed by atoms with Gasteiger partial charge >= 0.3 is 12.1 Å². The van der Waals surface area contributed by atoms with Crippen molar-refractivity contribution in [3.63, 3.8) is 0 Å². The molecule has 1 aromatic rings. The average Bonchev–Trinajstić information content (AvgIpc) is 3.26. The number of carboxylic acids is 1. The second-order valence-corrected chi connectivity index (χ2v) is 9.05. The number of carboxylic acid groups (broad SMARTS) is 1. The molecule has 8 nitrogen and oxygen atoms in total. The first-order chi connectivity index (χ1) is 12.6. The van der Waals surface area contributed by atoms with Crippen molar-refractivity contribution >= 4 is 21.9 Å². The first-order valence-electron chi connectivity index (χ1n) is 8.40. The molecular formula is C15H19F3N4O4S. The Morgan fingerprint density at radius 2 is 1.56 bits per heavy atom. The Kier molecular flexibility index (Phi) is 5.30. The molecule has 0 spiro atoms. The van der Waals surface area contributed by atoms with E-state index in [0.717, 1.165) is 31.9 Å². The van der Waals surface area contributed by atoms with Crippen LogP contribution in [0.4, 0.5) is 19.1 Å². The van der Waals surface area contributed by atoms with Gasteiger partial charge in [0.25, 0.3) is 0 Å². The van der Waals surface area contributed by atoms with Gasteiger partial charge in [-0.05, 0) is 30.7 Å². The topological polar surface area (TPSA) is 104 Å². The predicted octanol–water partition coefficient (Wildman–Crippen LogP) is 0.970. The number of alkyl halides is 3. The van der Waals surface area contributed by atoms with Crippen LogP contribution in [0.3, 0.4) is 0 Å². The molecule has 2 aliphatic heterocycles. The minimum atomic E-state index is -5.08. The number of rotatable bonds is 3. The SMILES string of the molecule is O=C(O)C(F)(F)F.O=S(=O)(C1CC1)N1CC2CN(c3ncccn3)CC2C1. The van der Waals surface area contributed by atoms with Crippen LogP contribution < -0.4 is 4.90 Å². The Balaban J connectivity index is 0.000000260. The zero-order chi connectivity index (χ0) is 19.8. The van der Waals surface area contributed by atoms with Crippen molar-refractivity contribution in [2.45, 2.75) is 24.3 Å². The van der Waals surface area contributed by atoms with Crippen molar-refractivity contribution in [3.8, 4) is 0 Å². The van der Waals surface area contributed by atoms with Crippen LogP contribution in [-0.4, -0.2) is 71.4 Å². The lowest BCUT2D eigenvalue weighted by Gasteiger charge is -2.21. The van der Waals surface area contributed by atoms with Gasteiger partial charge in [0.15, 0.2) is 0 Å². The summed E-state index contributed by atoms with van der Waals surface area (Å²) in [6.07, 6.45) is 0.108. The van der Waals surface area contributed by atoms with Gasteiger partial charge in [0.1, 0.15) is 0 Å². The molecule has 1 aliphatic carbocycles. The molecule has 1 saturated carbocycles. The summed E-state index contributed by atoms with van der Waals surface area (Å²) >= 11 is 0. The molecule has 1 N–H and O–H groups in total. The van der Waals surface area contributed by atoms with Gasteiger partial charge < -0.3 is 10.0 Å². The number of aliphatic carboxylic acids is 1. The highest BCUT2D eigenvalue weighted by Gasteiger charge is 2.48. The third kappa shape index (κ3) is 4.49. The quantitative estimate of drug-likeness (QED) is 0.795. The first kappa shape index (κ1) is 19.8. The zero-order valence-electron chi connectivity index (χ0n) is 14.2. The molecule has 2 atom stereocenters. The summed E-state index contributed by atoms with van der Waals surface area (Å²) in [5.74, 6) is -1.15. The molecule has 3 heterocycles. The molecule has 0 bridgehead atoms. The maximum absolute atomic E-state index is 12.3. The molecule has 0 radical (unpaired) electrons. The molecule has 2 unspecified atom stereocenters. The second kappa shape index (κ2) is 7.23.